The highest BCUT2D eigenvalue weighted by Gasteiger charge is 2.16. The molecule has 0 bridgehead atoms. The fourth-order valence-electron chi connectivity index (χ4n) is 2.55. The van der Waals surface area contributed by atoms with Crippen molar-refractivity contribution in [1.82, 2.24) is 19.8 Å². The summed E-state index contributed by atoms with van der Waals surface area (Å²) in [5, 5.41) is 8.15. The zero-order valence-corrected chi connectivity index (χ0v) is 14.7. The number of carbonyl (C=O) groups excluding carboxylic acids is 1. The van der Waals surface area contributed by atoms with Gasteiger partial charge in [0, 0.05) is 32.6 Å². The summed E-state index contributed by atoms with van der Waals surface area (Å²) in [6, 6.07) is 8.07. The summed E-state index contributed by atoms with van der Waals surface area (Å²) in [6.07, 6.45) is 1.46. The smallest absolute Gasteiger partial charge is 0.272 e. The van der Waals surface area contributed by atoms with Gasteiger partial charge in [0.05, 0.1) is 5.75 Å². The van der Waals surface area contributed by atoms with Crippen LogP contribution in [-0.2, 0) is 31.7 Å². The van der Waals surface area contributed by atoms with E-state index < -0.39 is 11.2 Å². The third-order valence-corrected chi connectivity index (χ3v) is 4.81. The first kappa shape index (κ1) is 17.2. The van der Waals surface area contributed by atoms with Crippen molar-refractivity contribution in [3.05, 3.63) is 56.2 Å². The van der Waals surface area contributed by atoms with Gasteiger partial charge in [-0.3, -0.25) is 14.2 Å². The van der Waals surface area contributed by atoms with Crippen molar-refractivity contribution in [3.63, 3.8) is 0 Å². The predicted molar refractivity (Wildman–Crippen MR) is 94.9 cm³/mol. The van der Waals surface area contributed by atoms with E-state index in [4.69, 9.17) is 0 Å². The maximum atomic E-state index is 12.0. The van der Waals surface area contributed by atoms with Gasteiger partial charge in [0.25, 0.3) is 5.56 Å². The van der Waals surface area contributed by atoms with Gasteiger partial charge in [-0.15, -0.1) is 0 Å². The van der Waals surface area contributed by atoms with Crippen LogP contribution in [0.3, 0.4) is 0 Å². The van der Waals surface area contributed by atoms with Gasteiger partial charge in [-0.2, -0.15) is 10.2 Å². The Morgan fingerprint density at radius 2 is 1.88 bits per heavy atom. The number of aromatic nitrogens is 3. The standard InChI is InChI=1S/C16H17N5O3S/c1-20-15(23)14(19-21(2)16(20)24)25-9-13(22)18-17-12-7-10-5-3-4-6-11(10)8-12/h3-6H,7-9H2,1-2H3,(H,18,22). The Labute approximate surface area is 147 Å². The number of fused-ring (bicyclic) bond motifs is 1. The topological polar surface area (TPSA) is 98.3 Å². The van der Waals surface area contributed by atoms with E-state index in [0.29, 0.717) is 0 Å². The Kier molecular flexibility index (Phi) is 4.84. The summed E-state index contributed by atoms with van der Waals surface area (Å²) in [6.45, 7) is 0. The molecule has 0 saturated heterocycles. The van der Waals surface area contributed by atoms with Crippen LogP contribution in [0.15, 0.2) is 44.0 Å². The number of benzene rings is 1. The lowest BCUT2D eigenvalue weighted by Crippen LogP contribution is -2.39. The number of rotatable bonds is 4. The van der Waals surface area contributed by atoms with E-state index >= 15 is 0 Å². The van der Waals surface area contributed by atoms with Crippen molar-refractivity contribution in [3.8, 4) is 0 Å². The van der Waals surface area contributed by atoms with E-state index in [1.807, 2.05) is 12.1 Å². The minimum absolute atomic E-state index is 0.00975. The number of nitrogens with one attached hydrogen (secondary N) is 1. The van der Waals surface area contributed by atoms with Crippen molar-refractivity contribution in [2.45, 2.75) is 17.9 Å². The Morgan fingerprint density at radius 1 is 1.24 bits per heavy atom. The zero-order chi connectivity index (χ0) is 18.0. The van der Waals surface area contributed by atoms with Gasteiger partial charge in [-0.1, -0.05) is 36.0 Å². The van der Waals surface area contributed by atoms with Crippen molar-refractivity contribution in [2.24, 2.45) is 19.2 Å². The third kappa shape index (κ3) is 3.71. The molecule has 1 aromatic heterocycles. The van der Waals surface area contributed by atoms with E-state index in [-0.39, 0.29) is 16.7 Å². The zero-order valence-electron chi connectivity index (χ0n) is 13.9. The monoisotopic (exact) mass is 359 g/mol. The first-order valence-electron chi connectivity index (χ1n) is 7.64. The van der Waals surface area contributed by atoms with Gasteiger partial charge in [0.15, 0.2) is 5.03 Å². The second-order valence-electron chi connectivity index (χ2n) is 5.70. The first-order chi connectivity index (χ1) is 12.0. The van der Waals surface area contributed by atoms with Crippen molar-refractivity contribution in [1.29, 1.82) is 0 Å². The molecule has 0 fully saturated rings. The molecule has 130 valence electrons. The minimum atomic E-state index is -0.515. The Balaban J connectivity index is 1.59. The average Bonchev–Trinajstić information content (AvgIpc) is 3.03. The number of hydrogen-bond donors (Lipinski definition) is 1. The molecule has 1 aromatic carbocycles. The summed E-state index contributed by atoms with van der Waals surface area (Å²) < 4.78 is 2.03. The second-order valence-corrected chi connectivity index (χ2v) is 6.66. The number of carbonyl (C=O) groups is 1. The number of aryl methyl sites for hydroxylation is 1. The highest BCUT2D eigenvalue weighted by molar-refractivity contribution is 7.99. The van der Waals surface area contributed by atoms with Crippen molar-refractivity contribution < 1.29 is 4.79 Å². The highest BCUT2D eigenvalue weighted by Crippen LogP contribution is 2.19. The molecule has 0 unspecified atom stereocenters. The quantitative estimate of drug-likeness (QED) is 0.604. The Bertz CT molecular complexity index is 949. The number of nitrogens with zero attached hydrogens (tertiary/aromatic N) is 4. The second kappa shape index (κ2) is 7.06. The lowest BCUT2D eigenvalue weighted by atomic mass is 10.1. The van der Waals surface area contributed by atoms with Gasteiger partial charge in [-0.05, 0) is 11.1 Å². The minimum Gasteiger partial charge on any atom is -0.272 e. The normalized spacial score (nSPS) is 12.8. The molecule has 9 heteroatoms. The molecule has 0 saturated carbocycles. The van der Waals surface area contributed by atoms with E-state index in [9.17, 15) is 14.4 Å². The molecular formula is C16H17N5O3S. The van der Waals surface area contributed by atoms with Gasteiger partial charge in [0.2, 0.25) is 5.91 Å². The summed E-state index contributed by atoms with van der Waals surface area (Å²) >= 11 is 0.977. The molecule has 1 aliphatic rings. The van der Waals surface area contributed by atoms with Crippen LogP contribution in [0.2, 0.25) is 0 Å². The number of hydrogen-bond acceptors (Lipinski definition) is 6. The number of hydrazone groups is 1. The average molecular weight is 359 g/mol. The van der Waals surface area contributed by atoms with Crippen molar-refractivity contribution >= 4 is 23.4 Å². The van der Waals surface area contributed by atoms with Crippen LogP contribution in [0.5, 0.6) is 0 Å². The van der Waals surface area contributed by atoms with Crippen LogP contribution >= 0.6 is 11.8 Å². The summed E-state index contributed by atoms with van der Waals surface area (Å²) in [4.78, 5) is 35.5. The molecule has 0 atom stereocenters. The third-order valence-electron chi connectivity index (χ3n) is 3.88. The lowest BCUT2D eigenvalue weighted by molar-refractivity contribution is -0.118. The van der Waals surface area contributed by atoms with Gasteiger partial charge < -0.3 is 0 Å². The maximum Gasteiger partial charge on any atom is 0.346 e. The van der Waals surface area contributed by atoms with E-state index in [2.05, 4.69) is 27.8 Å². The molecule has 0 aliphatic heterocycles. The van der Waals surface area contributed by atoms with Gasteiger partial charge >= 0.3 is 5.69 Å². The summed E-state index contributed by atoms with van der Waals surface area (Å²) in [5.41, 5.74) is 4.84. The molecule has 1 amide bonds. The van der Waals surface area contributed by atoms with Crippen molar-refractivity contribution in [2.75, 3.05) is 5.75 Å². The Hall–Kier alpha value is -2.68. The molecule has 2 aromatic rings. The van der Waals surface area contributed by atoms with Gasteiger partial charge in [0.1, 0.15) is 0 Å². The molecule has 1 N–H and O–H groups in total. The molecule has 8 nitrogen and oxygen atoms in total. The first-order valence-corrected chi connectivity index (χ1v) is 8.62. The largest absolute Gasteiger partial charge is 0.346 e. The highest BCUT2D eigenvalue weighted by atomic mass is 32.2. The molecule has 1 heterocycles. The summed E-state index contributed by atoms with van der Waals surface area (Å²) in [5.74, 6) is -0.337. The van der Waals surface area contributed by atoms with E-state index in [0.717, 1.165) is 39.6 Å². The molecule has 25 heavy (non-hydrogen) atoms. The fourth-order valence-corrected chi connectivity index (χ4v) is 3.32. The van der Waals surface area contributed by atoms with E-state index in [1.165, 1.54) is 25.2 Å². The van der Waals surface area contributed by atoms with Crippen LogP contribution in [0, 0.1) is 0 Å². The number of amides is 1. The van der Waals surface area contributed by atoms with Gasteiger partial charge in [-0.25, -0.2) is 14.9 Å². The molecule has 0 spiro atoms. The predicted octanol–water partition coefficient (Wildman–Crippen LogP) is -0.158. The molecule has 1 aliphatic carbocycles. The lowest BCUT2D eigenvalue weighted by Gasteiger charge is -2.04. The van der Waals surface area contributed by atoms with Crippen LogP contribution in [0.4, 0.5) is 0 Å². The maximum absolute atomic E-state index is 12.0. The fraction of sp³-hybridized carbons (Fsp3) is 0.312. The van der Waals surface area contributed by atoms with Crippen LogP contribution in [-0.4, -0.2) is 31.7 Å². The SMILES string of the molecule is Cn1nc(SCC(=O)NN=C2Cc3ccccc3C2)c(=O)n(C)c1=O. The number of thioether (sulfide) groups is 1. The van der Waals surface area contributed by atoms with Crippen LogP contribution < -0.4 is 16.7 Å². The van der Waals surface area contributed by atoms with Crippen LogP contribution in [0.25, 0.3) is 0 Å². The Morgan fingerprint density at radius 3 is 2.52 bits per heavy atom. The van der Waals surface area contributed by atoms with E-state index in [1.54, 1.807) is 0 Å². The summed E-state index contributed by atoms with van der Waals surface area (Å²) in [7, 11) is 2.83. The molecular weight excluding hydrogens is 342 g/mol. The molecule has 0 radical (unpaired) electrons. The molecule has 3 rings (SSSR count). The van der Waals surface area contributed by atoms with Crippen LogP contribution in [0.1, 0.15) is 11.1 Å².